The van der Waals surface area contributed by atoms with Crippen molar-refractivity contribution in [2.75, 3.05) is 11.9 Å². The number of anilines is 1. The Morgan fingerprint density at radius 1 is 1.32 bits per heavy atom. The molecule has 2 heterocycles. The maximum atomic E-state index is 13.0. The van der Waals surface area contributed by atoms with E-state index in [-0.39, 0.29) is 17.9 Å². The number of carbonyl (C=O) groups is 2. The van der Waals surface area contributed by atoms with Crippen LogP contribution in [0.2, 0.25) is 0 Å². The van der Waals surface area contributed by atoms with Gasteiger partial charge in [-0.1, -0.05) is 6.58 Å². The molecule has 1 aliphatic rings. The zero-order valence-corrected chi connectivity index (χ0v) is 15.8. The van der Waals surface area contributed by atoms with Crippen molar-refractivity contribution >= 4 is 40.1 Å². The molecule has 1 aromatic heterocycles. The number of halogens is 1. The molecule has 1 atom stereocenters. The van der Waals surface area contributed by atoms with E-state index in [1.54, 1.807) is 30.5 Å². The topological polar surface area (TPSA) is 78.1 Å². The number of hydrogen-bond acceptors (Lipinski definition) is 3. The van der Waals surface area contributed by atoms with Crippen molar-refractivity contribution < 1.29 is 9.59 Å². The summed E-state index contributed by atoms with van der Waals surface area (Å²) in [6.07, 6.45) is 6.02. The van der Waals surface area contributed by atoms with Gasteiger partial charge in [0.25, 0.3) is 5.91 Å². The number of aromatic nitrogens is 2. The van der Waals surface area contributed by atoms with E-state index in [1.165, 1.54) is 6.08 Å². The largest absolute Gasteiger partial charge is 0.330 e. The summed E-state index contributed by atoms with van der Waals surface area (Å²) in [7, 11) is 0. The zero-order chi connectivity index (χ0) is 17.8. The third kappa shape index (κ3) is 3.92. The van der Waals surface area contributed by atoms with Crippen molar-refractivity contribution in [3.8, 4) is 0 Å². The first-order valence-electron chi connectivity index (χ1n) is 8.13. The van der Waals surface area contributed by atoms with Gasteiger partial charge >= 0.3 is 0 Å². The number of aromatic amines is 1. The van der Waals surface area contributed by atoms with Gasteiger partial charge in [-0.15, -0.1) is 0 Å². The van der Waals surface area contributed by atoms with Gasteiger partial charge < -0.3 is 10.2 Å². The number of nitrogens with zero attached hydrogens (tertiary/aromatic N) is 2. The molecule has 0 bridgehead atoms. The average molecular weight is 450 g/mol. The van der Waals surface area contributed by atoms with Crippen LogP contribution >= 0.6 is 22.6 Å². The zero-order valence-electron chi connectivity index (χ0n) is 13.7. The highest BCUT2D eigenvalue weighted by Crippen LogP contribution is 2.33. The molecule has 3 rings (SSSR count). The van der Waals surface area contributed by atoms with E-state index in [2.05, 4.69) is 44.7 Å². The predicted octanol–water partition coefficient (Wildman–Crippen LogP) is 3.51. The molecular weight excluding hydrogens is 431 g/mol. The Morgan fingerprint density at radius 3 is 2.72 bits per heavy atom. The minimum absolute atomic E-state index is 0.00306. The molecule has 2 aromatic rings. The first-order chi connectivity index (χ1) is 12.1. The quantitative estimate of drug-likeness (QED) is 0.553. The van der Waals surface area contributed by atoms with E-state index < -0.39 is 0 Å². The molecule has 0 radical (unpaired) electrons. The van der Waals surface area contributed by atoms with Gasteiger partial charge in [-0.2, -0.15) is 5.10 Å². The van der Waals surface area contributed by atoms with Crippen molar-refractivity contribution in [1.29, 1.82) is 0 Å². The fourth-order valence-corrected chi connectivity index (χ4v) is 3.66. The molecule has 25 heavy (non-hydrogen) atoms. The van der Waals surface area contributed by atoms with E-state index in [9.17, 15) is 9.59 Å². The molecule has 1 aliphatic heterocycles. The number of amides is 2. The molecular formula is C18H19IN4O2. The van der Waals surface area contributed by atoms with Crippen LogP contribution in [0.4, 0.5) is 5.69 Å². The number of hydrogen-bond donors (Lipinski definition) is 2. The molecule has 6 nitrogen and oxygen atoms in total. The monoisotopic (exact) mass is 450 g/mol. The van der Waals surface area contributed by atoms with Gasteiger partial charge in [-0.05, 0) is 72.2 Å². The van der Waals surface area contributed by atoms with E-state index in [0.717, 1.165) is 35.1 Å². The van der Waals surface area contributed by atoms with Gasteiger partial charge in [0.2, 0.25) is 5.91 Å². The van der Waals surface area contributed by atoms with Gasteiger partial charge in [0, 0.05) is 17.8 Å². The molecule has 2 amide bonds. The predicted molar refractivity (Wildman–Crippen MR) is 104 cm³/mol. The summed E-state index contributed by atoms with van der Waals surface area (Å²) in [6.45, 7) is 4.15. The average Bonchev–Trinajstić information content (AvgIpc) is 3.07. The van der Waals surface area contributed by atoms with Gasteiger partial charge in [-0.25, -0.2) is 0 Å². The lowest BCUT2D eigenvalue weighted by Gasteiger charge is -2.35. The molecule has 0 spiro atoms. The molecule has 130 valence electrons. The Kier molecular flexibility index (Phi) is 5.52. The van der Waals surface area contributed by atoms with Crippen molar-refractivity contribution in [3.63, 3.8) is 0 Å². The fraction of sp³-hybridized carbons (Fsp3) is 0.278. The number of nitrogens with one attached hydrogen (secondary N) is 2. The third-order valence-electron chi connectivity index (χ3n) is 4.30. The maximum absolute atomic E-state index is 13.0. The number of likely N-dealkylation sites (tertiary alicyclic amines) is 1. The summed E-state index contributed by atoms with van der Waals surface area (Å²) in [5.41, 5.74) is 2.25. The molecule has 0 saturated carbocycles. The SMILES string of the molecule is C=CC(=O)Nc1ccc(C(=O)N2CCCCC2c2[nH]ncc2I)cc1. The molecule has 2 N–H and O–H groups in total. The van der Waals surface area contributed by atoms with Crippen LogP contribution in [-0.2, 0) is 4.79 Å². The number of H-pyrrole nitrogens is 1. The molecule has 7 heteroatoms. The second kappa shape index (κ2) is 7.81. The van der Waals surface area contributed by atoms with E-state index in [1.807, 2.05) is 4.90 Å². The maximum Gasteiger partial charge on any atom is 0.254 e. The standard InChI is InChI=1S/C18H19IN4O2/c1-2-16(24)21-13-8-6-12(7-9-13)18(25)23-10-4-3-5-15(23)17-14(19)11-20-22-17/h2,6-9,11,15H,1,3-5,10H2,(H,20,22)(H,21,24). The van der Waals surface area contributed by atoms with Crippen LogP contribution in [0.15, 0.2) is 43.1 Å². The Balaban J connectivity index is 1.79. The van der Waals surface area contributed by atoms with E-state index in [4.69, 9.17) is 0 Å². The van der Waals surface area contributed by atoms with Crippen LogP contribution in [0.25, 0.3) is 0 Å². The number of benzene rings is 1. The lowest BCUT2D eigenvalue weighted by atomic mass is 9.98. The van der Waals surface area contributed by atoms with Gasteiger partial charge in [0.05, 0.1) is 21.5 Å². The normalized spacial score (nSPS) is 17.2. The van der Waals surface area contributed by atoms with Crippen molar-refractivity contribution in [1.82, 2.24) is 15.1 Å². The summed E-state index contributed by atoms with van der Waals surface area (Å²) >= 11 is 2.25. The third-order valence-corrected chi connectivity index (χ3v) is 5.16. The Labute approximate surface area is 159 Å². The van der Waals surface area contributed by atoms with Gasteiger partial charge in [0.15, 0.2) is 0 Å². The molecule has 1 aromatic carbocycles. The van der Waals surface area contributed by atoms with Gasteiger partial charge in [0.1, 0.15) is 0 Å². The minimum atomic E-state index is -0.274. The summed E-state index contributed by atoms with van der Waals surface area (Å²) in [5, 5.41) is 9.81. The summed E-state index contributed by atoms with van der Waals surface area (Å²) in [6, 6.07) is 6.96. The lowest BCUT2D eigenvalue weighted by molar-refractivity contribution is -0.111. The van der Waals surface area contributed by atoms with Crippen LogP contribution in [0, 0.1) is 3.57 Å². The van der Waals surface area contributed by atoms with Crippen LogP contribution in [0.5, 0.6) is 0 Å². The summed E-state index contributed by atoms with van der Waals surface area (Å²) < 4.78 is 1.05. The highest BCUT2D eigenvalue weighted by Gasteiger charge is 2.30. The van der Waals surface area contributed by atoms with E-state index >= 15 is 0 Å². The van der Waals surface area contributed by atoms with Crippen LogP contribution in [-0.4, -0.2) is 33.5 Å². The van der Waals surface area contributed by atoms with Crippen molar-refractivity contribution in [2.24, 2.45) is 0 Å². The summed E-state index contributed by atoms with van der Waals surface area (Å²) in [5.74, 6) is -0.277. The molecule has 1 fully saturated rings. The number of carbonyl (C=O) groups excluding carboxylic acids is 2. The fourth-order valence-electron chi connectivity index (χ4n) is 3.05. The number of piperidine rings is 1. The van der Waals surface area contributed by atoms with Crippen molar-refractivity contribution in [2.45, 2.75) is 25.3 Å². The molecule has 1 saturated heterocycles. The first-order valence-corrected chi connectivity index (χ1v) is 9.21. The van der Waals surface area contributed by atoms with Crippen LogP contribution in [0.3, 0.4) is 0 Å². The van der Waals surface area contributed by atoms with Crippen LogP contribution < -0.4 is 5.32 Å². The second-order valence-electron chi connectivity index (χ2n) is 5.91. The first kappa shape index (κ1) is 17.7. The minimum Gasteiger partial charge on any atom is -0.330 e. The van der Waals surface area contributed by atoms with Crippen LogP contribution in [0.1, 0.15) is 41.4 Å². The van der Waals surface area contributed by atoms with E-state index in [0.29, 0.717) is 11.3 Å². The smallest absolute Gasteiger partial charge is 0.254 e. The molecule has 1 unspecified atom stereocenters. The Morgan fingerprint density at radius 2 is 2.08 bits per heavy atom. The summed E-state index contributed by atoms with van der Waals surface area (Å²) in [4.78, 5) is 26.2. The van der Waals surface area contributed by atoms with Crippen molar-refractivity contribution in [3.05, 3.63) is 57.9 Å². The van der Waals surface area contributed by atoms with Gasteiger partial charge in [-0.3, -0.25) is 14.7 Å². The second-order valence-corrected chi connectivity index (χ2v) is 7.07. The lowest BCUT2D eigenvalue weighted by Crippen LogP contribution is -2.39. The molecule has 0 aliphatic carbocycles. The Hall–Kier alpha value is -2.16. The Bertz CT molecular complexity index is 785. The highest BCUT2D eigenvalue weighted by atomic mass is 127. The number of rotatable bonds is 4. The highest BCUT2D eigenvalue weighted by molar-refractivity contribution is 14.1.